The minimum atomic E-state index is -0.561. The lowest BCUT2D eigenvalue weighted by atomic mass is 10.1. The van der Waals surface area contributed by atoms with Crippen molar-refractivity contribution in [3.8, 4) is 0 Å². The highest BCUT2D eigenvalue weighted by Crippen LogP contribution is 2.30. The Kier molecular flexibility index (Phi) is 3.26. The molecule has 0 aliphatic heterocycles. The van der Waals surface area contributed by atoms with Crippen LogP contribution in [-0.4, -0.2) is 17.8 Å². The Morgan fingerprint density at radius 2 is 2.13 bits per heavy atom. The molecule has 1 rings (SSSR count). The highest BCUT2D eigenvalue weighted by atomic mass is 35.5. The van der Waals surface area contributed by atoms with E-state index in [0.717, 1.165) is 0 Å². The summed E-state index contributed by atoms with van der Waals surface area (Å²) < 4.78 is 0. The monoisotopic (exact) mass is 228 g/mol. The first-order valence-electron chi connectivity index (χ1n) is 4.14. The number of hydrogen-bond acceptors (Lipinski definition) is 4. The number of nitrogens with one attached hydrogen (secondary N) is 1. The third kappa shape index (κ3) is 2.24. The lowest BCUT2D eigenvalue weighted by molar-refractivity contribution is -0.384. The predicted molar refractivity (Wildman–Crippen MR) is 57.7 cm³/mol. The molecule has 0 amide bonds. The molecule has 0 fully saturated rings. The van der Waals surface area contributed by atoms with Crippen molar-refractivity contribution in [2.75, 3.05) is 12.4 Å². The fraction of sp³-hybridized carbons (Fsp3) is 0.222. The summed E-state index contributed by atoms with van der Waals surface area (Å²) in [4.78, 5) is 21.2. The largest absolute Gasteiger partial charge is 0.383 e. The number of nitrogens with zero attached hydrogens (tertiary/aromatic N) is 1. The van der Waals surface area contributed by atoms with Gasteiger partial charge in [-0.3, -0.25) is 14.9 Å². The molecular formula is C9H9ClN2O3. The topological polar surface area (TPSA) is 72.2 Å². The van der Waals surface area contributed by atoms with Crippen LogP contribution in [0.15, 0.2) is 12.1 Å². The SMILES string of the molecule is CNc1cc(Cl)c(C(C)=O)cc1[N+](=O)[O-]. The van der Waals surface area contributed by atoms with Crippen molar-refractivity contribution in [1.29, 1.82) is 0 Å². The van der Waals surface area contributed by atoms with E-state index in [9.17, 15) is 14.9 Å². The third-order valence-corrected chi connectivity index (χ3v) is 2.24. The minimum Gasteiger partial charge on any atom is -0.383 e. The van der Waals surface area contributed by atoms with Gasteiger partial charge in [-0.05, 0) is 13.0 Å². The van der Waals surface area contributed by atoms with E-state index in [0.29, 0.717) is 0 Å². The maximum Gasteiger partial charge on any atom is 0.293 e. The van der Waals surface area contributed by atoms with Crippen LogP contribution in [0.25, 0.3) is 0 Å². The number of benzene rings is 1. The molecule has 0 spiro atoms. The molecule has 0 unspecified atom stereocenters. The van der Waals surface area contributed by atoms with Crippen LogP contribution in [0, 0.1) is 10.1 Å². The number of carbonyl (C=O) groups excluding carboxylic acids is 1. The summed E-state index contributed by atoms with van der Waals surface area (Å²) in [5.41, 5.74) is 0.282. The van der Waals surface area contributed by atoms with E-state index in [-0.39, 0.29) is 27.7 Å². The van der Waals surface area contributed by atoms with E-state index < -0.39 is 4.92 Å². The lowest BCUT2D eigenvalue weighted by Gasteiger charge is -2.05. The molecule has 0 aliphatic rings. The maximum absolute atomic E-state index is 11.1. The Morgan fingerprint density at radius 3 is 2.53 bits per heavy atom. The average Bonchev–Trinajstić information content (AvgIpc) is 2.16. The number of nitro benzene ring substituents is 1. The molecule has 0 atom stereocenters. The summed E-state index contributed by atoms with van der Waals surface area (Å²) in [6.07, 6.45) is 0. The number of ketones is 1. The molecule has 0 bridgehead atoms. The predicted octanol–water partition coefficient (Wildman–Crippen LogP) is 2.49. The lowest BCUT2D eigenvalue weighted by Crippen LogP contribution is -2.01. The van der Waals surface area contributed by atoms with Crippen LogP contribution in [0.2, 0.25) is 5.02 Å². The van der Waals surface area contributed by atoms with Crippen molar-refractivity contribution in [3.05, 3.63) is 32.8 Å². The van der Waals surface area contributed by atoms with Crippen molar-refractivity contribution in [2.45, 2.75) is 6.92 Å². The summed E-state index contributed by atoms with van der Waals surface area (Å²) in [6.45, 7) is 1.31. The van der Waals surface area contributed by atoms with E-state index >= 15 is 0 Å². The zero-order valence-electron chi connectivity index (χ0n) is 8.20. The molecule has 0 saturated carbocycles. The van der Waals surface area contributed by atoms with Gasteiger partial charge in [0, 0.05) is 18.7 Å². The van der Waals surface area contributed by atoms with Gasteiger partial charge in [0.05, 0.1) is 9.95 Å². The third-order valence-electron chi connectivity index (χ3n) is 1.93. The number of carbonyl (C=O) groups is 1. The van der Waals surface area contributed by atoms with Crippen LogP contribution in [0.1, 0.15) is 17.3 Å². The molecular weight excluding hydrogens is 220 g/mol. The molecule has 1 aromatic rings. The van der Waals surface area contributed by atoms with Gasteiger partial charge in [-0.2, -0.15) is 0 Å². The van der Waals surface area contributed by atoms with Gasteiger partial charge in [-0.25, -0.2) is 0 Å². The van der Waals surface area contributed by atoms with Gasteiger partial charge in [0.25, 0.3) is 5.69 Å². The van der Waals surface area contributed by atoms with Gasteiger partial charge in [-0.1, -0.05) is 11.6 Å². The Morgan fingerprint density at radius 1 is 1.53 bits per heavy atom. The second-order valence-corrected chi connectivity index (χ2v) is 3.32. The Bertz CT molecular complexity index is 432. The molecule has 80 valence electrons. The van der Waals surface area contributed by atoms with E-state index in [4.69, 9.17) is 11.6 Å². The number of Topliss-reactive ketones (excluding diaryl/α,β-unsaturated/α-hetero) is 1. The zero-order chi connectivity index (χ0) is 11.6. The van der Waals surface area contributed by atoms with Gasteiger partial charge < -0.3 is 5.32 Å². The number of rotatable bonds is 3. The second-order valence-electron chi connectivity index (χ2n) is 2.91. The van der Waals surface area contributed by atoms with Gasteiger partial charge >= 0.3 is 0 Å². The second kappa shape index (κ2) is 4.27. The maximum atomic E-state index is 11.1. The zero-order valence-corrected chi connectivity index (χ0v) is 8.96. The summed E-state index contributed by atoms with van der Waals surface area (Å²) in [7, 11) is 1.55. The molecule has 0 aliphatic carbocycles. The molecule has 0 aromatic heterocycles. The molecule has 0 radical (unpaired) electrons. The highest BCUT2D eigenvalue weighted by Gasteiger charge is 2.18. The van der Waals surface area contributed by atoms with E-state index in [2.05, 4.69) is 5.32 Å². The van der Waals surface area contributed by atoms with Crippen LogP contribution < -0.4 is 5.32 Å². The summed E-state index contributed by atoms with van der Waals surface area (Å²) >= 11 is 5.80. The molecule has 1 N–H and O–H groups in total. The summed E-state index contributed by atoms with van der Waals surface area (Å²) in [5.74, 6) is -0.300. The minimum absolute atomic E-state index is 0.155. The molecule has 0 saturated heterocycles. The van der Waals surface area contributed by atoms with Crippen LogP contribution >= 0.6 is 11.6 Å². The molecule has 6 heteroatoms. The molecule has 15 heavy (non-hydrogen) atoms. The van der Waals surface area contributed by atoms with E-state index in [1.54, 1.807) is 7.05 Å². The van der Waals surface area contributed by atoms with Crippen LogP contribution in [0.4, 0.5) is 11.4 Å². The quantitative estimate of drug-likeness (QED) is 0.490. The normalized spacial score (nSPS) is 9.80. The number of halogens is 1. The van der Waals surface area contributed by atoms with Crippen LogP contribution in [-0.2, 0) is 0 Å². The van der Waals surface area contributed by atoms with Gasteiger partial charge in [0.15, 0.2) is 5.78 Å². The first kappa shape index (κ1) is 11.5. The first-order valence-corrected chi connectivity index (χ1v) is 4.51. The van der Waals surface area contributed by atoms with Crippen molar-refractivity contribution < 1.29 is 9.72 Å². The number of hydrogen-bond donors (Lipinski definition) is 1. The van der Waals surface area contributed by atoms with Crippen molar-refractivity contribution in [2.24, 2.45) is 0 Å². The van der Waals surface area contributed by atoms with E-state index in [1.165, 1.54) is 19.1 Å². The Hall–Kier alpha value is -1.62. The number of anilines is 1. The Balaban J connectivity index is 3.43. The highest BCUT2D eigenvalue weighted by molar-refractivity contribution is 6.34. The fourth-order valence-electron chi connectivity index (χ4n) is 1.18. The average molecular weight is 229 g/mol. The molecule has 0 heterocycles. The smallest absolute Gasteiger partial charge is 0.293 e. The van der Waals surface area contributed by atoms with Crippen molar-refractivity contribution in [1.82, 2.24) is 0 Å². The standard InChI is InChI=1S/C9H9ClN2O3/c1-5(13)6-3-9(12(14)15)8(11-2)4-7(6)10/h3-4,11H,1-2H3. The molecule has 1 aromatic carbocycles. The first-order chi connectivity index (χ1) is 6.97. The van der Waals surface area contributed by atoms with Crippen LogP contribution in [0.5, 0.6) is 0 Å². The van der Waals surface area contributed by atoms with Gasteiger partial charge in [-0.15, -0.1) is 0 Å². The van der Waals surface area contributed by atoms with Crippen molar-refractivity contribution in [3.63, 3.8) is 0 Å². The van der Waals surface area contributed by atoms with Gasteiger partial charge in [0.2, 0.25) is 0 Å². The van der Waals surface area contributed by atoms with Crippen molar-refractivity contribution >= 4 is 28.8 Å². The Labute approximate surface area is 91.2 Å². The van der Waals surface area contributed by atoms with Gasteiger partial charge in [0.1, 0.15) is 5.69 Å². The van der Waals surface area contributed by atoms with Crippen LogP contribution in [0.3, 0.4) is 0 Å². The van der Waals surface area contributed by atoms with E-state index in [1.807, 2.05) is 0 Å². The fourth-order valence-corrected chi connectivity index (χ4v) is 1.48. The number of nitro groups is 1. The molecule has 5 nitrogen and oxygen atoms in total. The summed E-state index contributed by atoms with van der Waals surface area (Å²) in [5, 5.41) is 13.5. The summed E-state index contributed by atoms with van der Waals surface area (Å²) in [6, 6.07) is 2.55.